The van der Waals surface area contributed by atoms with Crippen LogP contribution in [-0.2, 0) is 22.5 Å². The Kier molecular flexibility index (Phi) is 23.1. The normalized spacial score (nSPS) is 24.3. The van der Waals surface area contributed by atoms with Crippen LogP contribution in [0.1, 0.15) is 146 Å². The molecule has 52 heavy (non-hydrogen) atoms. The fraction of sp³-hybridized carbons (Fsp3) is 0.700. The summed E-state index contributed by atoms with van der Waals surface area (Å²) in [5, 5.41) is 0. The minimum Gasteiger partial charge on any atom is -0.354 e. The maximum Gasteiger partial charge on any atom is 0.481 e. The van der Waals surface area contributed by atoms with Crippen molar-refractivity contribution in [2.45, 2.75) is 146 Å². The van der Waals surface area contributed by atoms with Crippen molar-refractivity contribution < 1.29 is 37.2 Å². The van der Waals surface area contributed by atoms with E-state index in [1.54, 1.807) is 6.08 Å². The van der Waals surface area contributed by atoms with Gasteiger partial charge in [-0.15, -0.1) is 0 Å². The van der Waals surface area contributed by atoms with Gasteiger partial charge in [0.15, 0.2) is 0 Å². The van der Waals surface area contributed by atoms with E-state index in [0.717, 1.165) is 56.6 Å². The average Bonchev–Trinajstić information content (AvgIpc) is 2.99. The first-order chi connectivity index (χ1) is 24.1. The van der Waals surface area contributed by atoms with Gasteiger partial charge in [0, 0.05) is 8.50 Å². The molecule has 300 valence electrons. The quantitative estimate of drug-likeness (QED) is 0.0632. The Labute approximate surface area is 321 Å². The van der Waals surface area contributed by atoms with Crippen LogP contribution < -0.4 is 0 Å². The van der Waals surface area contributed by atoms with E-state index < -0.39 is 15.6 Å². The number of hydrogen-bond acceptors (Lipinski definition) is 5. The first-order valence-electron chi connectivity index (χ1n) is 18.9. The second kappa shape index (κ2) is 24.2. The number of allylic oxidation sites excluding steroid dienone is 9. The standard InChI is InChI=1S/C20H36O7P2.C20H36OP2/c1-17(2)9-6-10-18(3)11-7-12-19(4)13-8-14-20(5)15-16-26-29(24,25)27-28(21,22)23;1-15(11-14-21-23-22)7-9-17-16(2)8-10-18-19(3,4)12-6-13-20(17,18)5/h9,11,13,15H,6-8,10,12,14,16H2,1-5H3,(H,24,25)(H2,21,22,23);11,17-18,23H,2,6-10,12-14,22H2,1,3-5H3/b18-11+,19-13+,20-15+;15-11+/t;17-,18?,20+/m.1/s1. The van der Waals surface area contributed by atoms with Gasteiger partial charge in [0.1, 0.15) is 0 Å². The minimum atomic E-state index is -5.08. The van der Waals surface area contributed by atoms with E-state index in [9.17, 15) is 14.0 Å². The lowest BCUT2D eigenvalue weighted by Crippen LogP contribution is -2.49. The largest absolute Gasteiger partial charge is 0.481 e. The van der Waals surface area contributed by atoms with Gasteiger partial charge < -0.3 is 19.2 Å². The van der Waals surface area contributed by atoms with E-state index in [4.69, 9.17) is 14.3 Å². The molecule has 2 aliphatic carbocycles. The molecule has 2 saturated carbocycles. The Hall–Kier alpha value is -0.480. The Morgan fingerprint density at radius 3 is 1.88 bits per heavy atom. The predicted octanol–water partition coefficient (Wildman–Crippen LogP) is 13.3. The summed E-state index contributed by atoms with van der Waals surface area (Å²) in [5.74, 6) is 1.57. The molecule has 0 amide bonds. The summed E-state index contributed by atoms with van der Waals surface area (Å²) in [6, 6.07) is 0. The van der Waals surface area contributed by atoms with E-state index >= 15 is 0 Å². The molecule has 2 aliphatic rings. The molecule has 0 aliphatic heterocycles. The molecule has 6 atom stereocenters. The van der Waals surface area contributed by atoms with Crippen LogP contribution in [0.5, 0.6) is 0 Å². The third kappa shape index (κ3) is 20.4. The Balaban J connectivity index is 0.000000532. The molecule has 8 nitrogen and oxygen atoms in total. The van der Waals surface area contributed by atoms with Crippen LogP contribution in [-0.4, -0.2) is 27.9 Å². The van der Waals surface area contributed by atoms with Gasteiger partial charge in [0.25, 0.3) is 0 Å². The first kappa shape index (κ1) is 49.5. The summed E-state index contributed by atoms with van der Waals surface area (Å²) < 4.78 is 35.6. The zero-order valence-electron chi connectivity index (χ0n) is 33.7. The zero-order valence-corrected chi connectivity index (χ0v) is 37.7. The molecule has 0 saturated heterocycles. The van der Waals surface area contributed by atoms with Gasteiger partial charge in [0.05, 0.1) is 13.2 Å². The molecular formula is C40H72O8P4. The highest BCUT2D eigenvalue weighted by atomic mass is 32.0. The fourth-order valence-corrected chi connectivity index (χ4v) is 9.93. The molecular weight excluding hydrogens is 732 g/mol. The summed E-state index contributed by atoms with van der Waals surface area (Å²) in [6.07, 6.45) is 25.7. The SMILES string of the molecule is C=C1CCC2C(C)(C)CCC[C@@]2(C)[C@@H]1CC/C(C)=C/COPP.CC(C)=CCC/C(C)=C/CC/C(C)=C/CC/C(C)=C/COP(=O)(O)OP(=O)(O)O. The highest BCUT2D eigenvalue weighted by molar-refractivity contribution is 8.00. The monoisotopic (exact) mass is 804 g/mol. The number of phosphoric acid groups is 2. The lowest BCUT2D eigenvalue weighted by molar-refractivity contribution is -0.0539. The van der Waals surface area contributed by atoms with Crippen LogP contribution in [0.3, 0.4) is 0 Å². The Morgan fingerprint density at radius 2 is 1.35 bits per heavy atom. The molecule has 12 heteroatoms. The minimum absolute atomic E-state index is 0.265. The van der Waals surface area contributed by atoms with Crippen LogP contribution >= 0.6 is 33.1 Å². The molecule has 0 aromatic rings. The number of rotatable bonds is 20. The molecule has 3 N–H and O–H groups in total. The van der Waals surface area contributed by atoms with Crippen LogP contribution in [0.2, 0.25) is 0 Å². The number of fused-ring (bicyclic) bond motifs is 1. The van der Waals surface area contributed by atoms with Gasteiger partial charge in [-0.3, -0.25) is 4.52 Å². The third-order valence-electron chi connectivity index (χ3n) is 10.8. The van der Waals surface area contributed by atoms with Gasteiger partial charge in [-0.2, -0.15) is 4.31 Å². The molecule has 0 radical (unpaired) electrons. The average molecular weight is 805 g/mol. The summed E-state index contributed by atoms with van der Waals surface area (Å²) >= 11 is 0. The van der Waals surface area contributed by atoms with Crippen molar-refractivity contribution in [1.29, 1.82) is 0 Å². The van der Waals surface area contributed by atoms with Crippen molar-refractivity contribution in [2.24, 2.45) is 22.7 Å². The van der Waals surface area contributed by atoms with Gasteiger partial charge >= 0.3 is 15.6 Å². The van der Waals surface area contributed by atoms with Crippen molar-refractivity contribution in [3.05, 3.63) is 70.4 Å². The van der Waals surface area contributed by atoms with Crippen LogP contribution in [0.4, 0.5) is 0 Å². The van der Waals surface area contributed by atoms with Gasteiger partial charge in [-0.05, 0) is 141 Å². The molecule has 2 rings (SSSR count). The maximum absolute atomic E-state index is 11.3. The predicted molar refractivity (Wildman–Crippen MR) is 225 cm³/mol. The lowest BCUT2D eigenvalue weighted by atomic mass is 9.47. The maximum atomic E-state index is 11.3. The number of hydrogen-bond donors (Lipinski definition) is 3. The van der Waals surface area contributed by atoms with Gasteiger partial charge in [0.2, 0.25) is 0 Å². The summed E-state index contributed by atoms with van der Waals surface area (Å²) in [6.45, 7) is 25.2. The highest BCUT2D eigenvalue weighted by Crippen LogP contribution is 2.62. The molecule has 0 aromatic carbocycles. The second-order valence-electron chi connectivity index (χ2n) is 16.1. The van der Waals surface area contributed by atoms with Crippen LogP contribution in [0.25, 0.3) is 0 Å². The topological polar surface area (TPSA) is 123 Å². The van der Waals surface area contributed by atoms with Crippen molar-refractivity contribution in [2.75, 3.05) is 13.2 Å². The molecule has 0 spiro atoms. The van der Waals surface area contributed by atoms with Gasteiger partial charge in [-0.25, -0.2) is 9.13 Å². The fourth-order valence-electron chi connectivity index (χ4n) is 7.93. The second-order valence-corrected chi connectivity index (χ2v) is 20.1. The number of phosphoric ester groups is 1. The van der Waals surface area contributed by atoms with Crippen LogP contribution in [0, 0.1) is 22.7 Å². The van der Waals surface area contributed by atoms with E-state index in [2.05, 4.69) is 104 Å². The zero-order chi connectivity index (χ0) is 39.6. The Morgan fingerprint density at radius 1 is 0.827 bits per heavy atom. The molecule has 2 fully saturated rings. The van der Waals surface area contributed by atoms with Crippen molar-refractivity contribution in [1.82, 2.24) is 0 Å². The van der Waals surface area contributed by atoms with Crippen molar-refractivity contribution in [3.8, 4) is 0 Å². The molecule has 4 unspecified atom stereocenters. The summed E-state index contributed by atoms with van der Waals surface area (Å²) in [4.78, 5) is 26.2. The van der Waals surface area contributed by atoms with Crippen LogP contribution in [0.15, 0.2) is 70.4 Å². The summed E-state index contributed by atoms with van der Waals surface area (Å²) in [5.41, 5.74) is 9.00. The molecule has 0 heterocycles. The lowest BCUT2D eigenvalue weighted by Gasteiger charge is -2.58. The molecule has 0 aromatic heterocycles. The van der Waals surface area contributed by atoms with E-state index in [-0.39, 0.29) is 6.61 Å². The smallest absolute Gasteiger partial charge is 0.354 e. The molecule has 0 bridgehead atoms. The summed E-state index contributed by atoms with van der Waals surface area (Å²) in [7, 11) is -6.71. The highest BCUT2D eigenvalue weighted by Gasteiger charge is 2.52. The first-order valence-corrected chi connectivity index (χ1v) is 24.6. The third-order valence-corrected chi connectivity index (χ3v) is 13.8. The van der Waals surface area contributed by atoms with E-state index in [1.165, 1.54) is 72.8 Å². The van der Waals surface area contributed by atoms with E-state index in [0.29, 0.717) is 25.2 Å². The van der Waals surface area contributed by atoms with Crippen molar-refractivity contribution >= 4 is 33.1 Å². The Bertz CT molecular complexity index is 1370. The van der Waals surface area contributed by atoms with Crippen molar-refractivity contribution in [3.63, 3.8) is 0 Å². The van der Waals surface area contributed by atoms with E-state index in [1.807, 2.05) is 6.92 Å². The van der Waals surface area contributed by atoms with Gasteiger partial charge in [-0.1, -0.05) is 107 Å².